The molecule has 0 saturated carbocycles. The highest BCUT2D eigenvalue weighted by atomic mass is 35.5. The van der Waals surface area contributed by atoms with Gasteiger partial charge in [0.15, 0.2) is 11.0 Å². The van der Waals surface area contributed by atoms with Crippen molar-refractivity contribution in [1.82, 2.24) is 9.97 Å². The zero-order chi connectivity index (χ0) is 17.8. The van der Waals surface area contributed by atoms with E-state index in [1.54, 1.807) is 12.1 Å². The topological polar surface area (TPSA) is 61.6 Å². The molecule has 0 aliphatic carbocycles. The van der Waals surface area contributed by atoms with Crippen molar-refractivity contribution < 1.29 is 0 Å². The van der Waals surface area contributed by atoms with Crippen LogP contribution in [0.4, 0.5) is 11.5 Å². The first-order valence-electron chi connectivity index (χ1n) is 7.56. The van der Waals surface area contributed by atoms with Crippen LogP contribution in [0.15, 0.2) is 53.7 Å². The van der Waals surface area contributed by atoms with Crippen molar-refractivity contribution in [2.75, 3.05) is 11.6 Å². The number of rotatable bonds is 4. The lowest BCUT2D eigenvalue weighted by Crippen LogP contribution is -2.03. The molecule has 3 aromatic rings. The van der Waals surface area contributed by atoms with E-state index in [0.29, 0.717) is 27.3 Å². The number of nitrogens with zero attached hydrogens (tertiary/aromatic N) is 3. The standard InChI is InChI=1S/C19H15ClN4S/c1-12-3-5-13(6-4-12)17-16(11-21)18(24-19(23-17)25-2)22-15-9-7-14(20)8-10-15/h3-10H,1-2H3,(H,22,23,24). The molecule has 124 valence electrons. The van der Waals surface area contributed by atoms with Crippen molar-refractivity contribution in [3.63, 3.8) is 0 Å². The fourth-order valence-corrected chi connectivity index (χ4v) is 2.81. The van der Waals surface area contributed by atoms with Crippen LogP contribution in [0.2, 0.25) is 5.02 Å². The number of hydrogen-bond acceptors (Lipinski definition) is 5. The molecule has 1 heterocycles. The molecular formula is C19H15ClN4S. The molecule has 0 atom stereocenters. The van der Waals surface area contributed by atoms with Crippen molar-refractivity contribution >= 4 is 34.9 Å². The second-order valence-electron chi connectivity index (χ2n) is 5.39. The first-order chi connectivity index (χ1) is 12.1. The van der Waals surface area contributed by atoms with Crippen LogP contribution in [0.1, 0.15) is 11.1 Å². The highest BCUT2D eigenvalue weighted by Crippen LogP contribution is 2.30. The number of aryl methyl sites for hydroxylation is 1. The highest BCUT2D eigenvalue weighted by molar-refractivity contribution is 7.98. The molecule has 4 nitrogen and oxygen atoms in total. The minimum absolute atomic E-state index is 0.414. The van der Waals surface area contributed by atoms with Crippen molar-refractivity contribution in [1.29, 1.82) is 5.26 Å². The van der Waals surface area contributed by atoms with E-state index in [1.165, 1.54) is 11.8 Å². The number of halogens is 1. The summed E-state index contributed by atoms with van der Waals surface area (Å²) >= 11 is 7.36. The molecule has 25 heavy (non-hydrogen) atoms. The summed E-state index contributed by atoms with van der Waals surface area (Å²) in [6, 6.07) is 17.4. The highest BCUT2D eigenvalue weighted by Gasteiger charge is 2.16. The number of nitrogens with one attached hydrogen (secondary N) is 1. The van der Waals surface area contributed by atoms with Gasteiger partial charge in [0.05, 0.1) is 5.69 Å². The van der Waals surface area contributed by atoms with E-state index in [2.05, 4.69) is 21.4 Å². The fourth-order valence-electron chi connectivity index (χ4n) is 2.32. The Kier molecular flexibility index (Phi) is 5.22. The van der Waals surface area contributed by atoms with Crippen LogP contribution in [0.5, 0.6) is 0 Å². The summed E-state index contributed by atoms with van der Waals surface area (Å²) < 4.78 is 0. The zero-order valence-corrected chi connectivity index (χ0v) is 15.3. The predicted octanol–water partition coefficient (Wildman–Crippen LogP) is 5.44. The maximum atomic E-state index is 9.70. The largest absolute Gasteiger partial charge is 0.339 e. The van der Waals surface area contributed by atoms with Crippen LogP contribution in [-0.2, 0) is 0 Å². The van der Waals surface area contributed by atoms with Gasteiger partial charge in [0, 0.05) is 16.3 Å². The molecule has 2 aromatic carbocycles. The number of thioether (sulfide) groups is 1. The Morgan fingerprint density at radius 1 is 1.04 bits per heavy atom. The van der Waals surface area contributed by atoms with E-state index in [4.69, 9.17) is 11.6 Å². The van der Waals surface area contributed by atoms with Gasteiger partial charge in [-0.1, -0.05) is 53.2 Å². The lowest BCUT2D eigenvalue weighted by molar-refractivity contribution is 0.975. The first-order valence-corrected chi connectivity index (χ1v) is 9.16. The maximum Gasteiger partial charge on any atom is 0.189 e. The van der Waals surface area contributed by atoms with E-state index >= 15 is 0 Å². The molecular weight excluding hydrogens is 352 g/mol. The van der Waals surface area contributed by atoms with Gasteiger partial charge in [-0.25, -0.2) is 9.97 Å². The number of nitriles is 1. The van der Waals surface area contributed by atoms with Gasteiger partial charge in [-0.05, 0) is 37.4 Å². The summed E-state index contributed by atoms with van der Waals surface area (Å²) in [5, 5.41) is 14.2. The van der Waals surface area contributed by atoms with Gasteiger partial charge in [0.25, 0.3) is 0 Å². The lowest BCUT2D eigenvalue weighted by Gasteiger charge is -2.12. The number of benzene rings is 2. The molecule has 0 radical (unpaired) electrons. The molecule has 0 spiro atoms. The van der Waals surface area contributed by atoms with Gasteiger partial charge in [-0.3, -0.25) is 0 Å². The van der Waals surface area contributed by atoms with E-state index in [9.17, 15) is 5.26 Å². The van der Waals surface area contributed by atoms with E-state index in [-0.39, 0.29) is 0 Å². The number of anilines is 2. The van der Waals surface area contributed by atoms with Crippen LogP contribution < -0.4 is 5.32 Å². The molecule has 0 aliphatic rings. The second-order valence-corrected chi connectivity index (χ2v) is 6.60. The smallest absolute Gasteiger partial charge is 0.189 e. The maximum absolute atomic E-state index is 9.70. The molecule has 0 amide bonds. The van der Waals surface area contributed by atoms with Crippen molar-refractivity contribution in [3.8, 4) is 17.3 Å². The molecule has 0 unspecified atom stereocenters. The van der Waals surface area contributed by atoms with Crippen LogP contribution in [-0.4, -0.2) is 16.2 Å². The summed E-state index contributed by atoms with van der Waals surface area (Å²) in [4.78, 5) is 9.02. The van der Waals surface area contributed by atoms with Gasteiger partial charge in [0.1, 0.15) is 11.6 Å². The normalized spacial score (nSPS) is 10.3. The third kappa shape index (κ3) is 3.93. The Hall–Kier alpha value is -2.55. The van der Waals surface area contributed by atoms with Crippen molar-refractivity contribution in [2.24, 2.45) is 0 Å². The van der Waals surface area contributed by atoms with E-state index in [0.717, 1.165) is 16.8 Å². The summed E-state index contributed by atoms with van der Waals surface area (Å²) in [6.45, 7) is 2.02. The first kappa shape index (κ1) is 17.3. The van der Waals surface area contributed by atoms with E-state index < -0.39 is 0 Å². The average Bonchev–Trinajstić information content (AvgIpc) is 2.63. The van der Waals surface area contributed by atoms with Crippen LogP contribution in [0.25, 0.3) is 11.3 Å². The molecule has 1 aromatic heterocycles. The minimum Gasteiger partial charge on any atom is -0.339 e. The summed E-state index contributed by atoms with van der Waals surface area (Å²) in [5.74, 6) is 0.486. The fraction of sp³-hybridized carbons (Fsp3) is 0.105. The Bertz CT molecular complexity index is 931. The third-order valence-corrected chi connectivity index (χ3v) is 4.41. The van der Waals surface area contributed by atoms with Crippen LogP contribution in [0.3, 0.4) is 0 Å². The Labute approximate surface area is 155 Å². The molecule has 0 bridgehead atoms. The van der Waals surface area contributed by atoms with Crippen molar-refractivity contribution in [2.45, 2.75) is 12.1 Å². The Morgan fingerprint density at radius 2 is 1.72 bits per heavy atom. The number of hydrogen-bond donors (Lipinski definition) is 1. The predicted molar refractivity (Wildman–Crippen MR) is 103 cm³/mol. The monoisotopic (exact) mass is 366 g/mol. The van der Waals surface area contributed by atoms with Gasteiger partial charge >= 0.3 is 0 Å². The summed E-state index contributed by atoms with van der Waals surface area (Å²) in [5.41, 5.74) is 3.89. The van der Waals surface area contributed by atoms with Gasteiger partial charge in [-0.2, -0.15) is 5.26 Å². The molecule has 0 aliphatic heterocycles. The Balaban J connectivity index is 2.11. The van der Waals surface area contributed by atoms with E-state index in [1.807, 2.05) is 49.6 Å². The molecule has 3 rings (SSSR count). The molecule has 6 heteroatoms. The van der Waals surface area contributed by atoms with Gasteiger partial charge < -0.3 is 5.32 Å². The summed E-state index contributed by atoms with van der Waals surface area (Å²) in [7, 11) is 0. The van der Waals surface area contributed by atoms with Gasteiger partial charge in [0.2, 0.25) is 0 Å². The second kappa shape index (κ2) is 7.56. The SMILES string of the molecule is CSc1nc(Nc2ccc(Cl)cc2)c(C#N)c(-c2ccc(C)cc2)n1. The van der Waals surface area contributed by atoms with Gasteiger partial charge in [-0.15, -0.1) is 0 Å². The van der Waals surface area contributed by atoms with Crippen molar-refractivity contribution in [3.05, 3.63) is 64.7 Å². The minimum atomic E-state index is 0.414. The lowest BCUT2D eigenvalue weighted by atomic mass is 10.1. The Morgan fingerprint density at radius 3 is 2.32 bits per heavy atom. The van der Waals surface area contributed by atoms with Crippen LogP contribution >= 0.6 is 23.4 Å². The number of aromatic nitrogens is 2. The quantitative estimate of drug-likeness (QED) is 0.492. The average molecular weight is 367 g/mol. The molecule has 0 fully saturated rings. The third-order valence-electron chi connectivity index (χ3n) is 3.61. The summed E-state index contributed by atoms with van der Waals surface area (Å²) in [6.07, 6.45) is 1.91. The molecule has 0 saturated heterocycles. The molecule has 1 N–H and O–H groups in total. The zero-order valence-electron chi connectivity index (χ0n) is 13.7. The van der Waals surface area contributed by atoms with Crippen LogP contribution in [0, 0.1) is 18.3 Å².